The second-order valence-corrected chi connectivity index (χ2v) is 5.92. The molecule has 0 bridgehead atoms. The summed E-state index contributed by atoms with van der Waals surface area (Å²) in [6.45, 7) is 2.17. The smallest absolute Gasteiger partial charge is 0.0136 e. The largest absolute Gasteiger partial charge is 0.0620 e. The van der Waals surface area contributed by atoms with Gasteiger partial charge in [-0.25, -0.2) is 0 Å². The summed E-state index contributed by atoms with van der Waals surface area (Å²) >= 11 is 0. The third-order valence-corrected chi connectivity index (χ3v) is 4.51. The van der Waals surface area contributed by atoms with Gasteiger partial charge in [0.1, 0.15) is 0 Å². The number of rotatable bonds is 1. The highest BCUT2D eigenvalue weighted by atomic mass is 14.3. The summed E-state index contributed by atoms with van der Waals surface area (Å²) in [6.07, 6.45) is 1.09. The predicted octanol–water partition coefficient (Wildman–Crippen LogP) is 5.35. The molecule has 0 saturated carbocycles. The first-order chi connectivity index (χ1) is 10.3. The van der Waals surface area contributed by atoms with Crippen LogP contribution in [0.2, 0.25) is 0 Å². The highest BCUT2D eigenvalue weighted by Crippen LogP contribution is 2.42. The third kappa shape index (κ3) is 2.08. The molecule has 21 heavy (non-hydrogen) atoms. The molecule has 1 atom stereocenters. The number of hydrogen-bond acceptors (Lipinski definition) is 0. The molecular formula is C21H18. The fourth-order valence-corrected chi connectivity index (χ4v) is 3.52. The SMILES string of the molecule is Cc1cccc(C2Cc3ccccc3-c3ccccc32)c1. The molecule has 0 amide bonds. The second-order valence-electron chi connectivity index (χ2n) is 5.92. The minimum atomic E-state index is 0.469. The maximum atomic E-state index is 2.33. The van der Waals surface area contributed by atoms with Gasteiger partial charge in [-0.1, -0.05) is 78.4 Å². The van der Waals surface area contributed by atoms with Crippen molar-refractivity contribution in [1.82, 2.24) is 0 Å². The Kier molecular flexibility index (Phi) is 2.89. The number of hydrogen-bond donors (Lipinski definition) is 0. The molecule has 0 saturated heterocycles. The lowest BCUT2D eigenvalue weighted by molar-refractivity contribution is 0.793. The van der Waals surface area contributed by atoms with Gasteiger partial charge in [0.15, 0.2) is 0 Å². The monoisotopic (exact) mass is 270 g/mol. The molecule has 0 heterocycles. The maximum absolute atomic E-state index is 2.33. The van der Waals surface area contributed by atoms with Gasteiger partial charge in [0.25, 0.3) is 0 Å². The van der Waals surface area contributed by atoms with Crippen LogP contribution in [0.25, 0.3) is 11.1 Å². The molecular weight excluding hydrogens is 252 g/mol. The lowest BCUT2D eigenvalue weighted by Crippen LogP contribution is -2.12. The molecule has 0 nitrogen and oxygen atoms in total. The van der Waals surface area contributed by atoms with E-state index in [1.54, 1.807) is 0 Å². The van der Waals surface area contributed by atoms with E-state index in [1.165, 1.54) is 33.4 Å². The van der Waals surface area contributed by atoms with Crippen LogP contribution in [0, 0.1) is 6.92 Å². The summed E-state index contributed by atoms with van der Waals surface area (Å²) in [7, 11) is 0. The summed E-state index contributed by atoms with van der Waals surface area (Å²) in [5.74, 6) is 0.469. The van der Waals surface area contributed by atoms with Crippen molar-refractivity contribution in [3.63, 3.8) is 0 Å². The standard InChI is InChI=1S/C21H18/c1-15-7-6-9-16(13-15)21-14-17-8-2-3-10-18(17)19-11-4-5-12-20(19)21/h2-13,21H,14H2,1H3. The molecule has 0 N–H and O–H groups in total. The van der Waals surface area contributed by atoms with Gasteiger partial charge in [-0.2, -0.15) is 0 Å². The number of benzene rings is 3. The molecule has 0 fully saturated rings. The van der Waals surface area contributed by atoms with Gasteiger partial charge in [-0.05, 0) is 41.2 Å². The first kappa shape index (κ1) is 12.4. The first-order valence-electron chi connectivity index (χ1n) is 7.57. The number of aryl methyl sites for hydroxylation is 1. The van der Waals surface area contributed by atoms with Crippen LogP contribution in [0.1, 0.15) is 28.2 Å². The van der Waals surface area contributed by atoms with Crippen LogP contribution in [-0.2, 0) is 6.42 Å². The molecule has 102 valence electrons. The lowest BCUT2D eigenvalue weighted by atomic mass is 9.75. The normalized spacial score (nSPS) is 16.1. The van der Waals surface area contributed by atoms with Crippen LogP contribution in [-0.4, -0.2) is 0 Å². The Morgan fingerprint density at radius 3 is 2.38 bits per heavy atom. The average Bonchev–Trinajstić information content (AvgIpc) is 2.54. The van der Waals surface area contributed by atoms with Gasteiger partial charge in [0.2, 0.25) is 0 Å². The average molecular weight is 270 g/mol. The summed E-state index contributed by atoms with van der Waals surface area (Å²) < 4.78 is 0. The highest BCUT2D eigenvalue weighted by molar-refractivity contribution is 5.75. The van der Waals surface area contributed by atoms with E-state index >= 15 is 0 Å². The van der Waals surface area contributed by atoms with Crippen molar-refractivity contribution < 1.29 is 0 Å². The summed E-state index contributed by atoms with van der Waals surface area (Å²) in [5, 5.41) is 0. The van der Waals surface area contributed by atoms with E-state index in [0.29, 0.717) is 5.92 Å². The predicted molar refractivity (Wildman–Crippen MR) is 88.6 cm³/mol. The fraction of sp³-hybridized carbons (Fsp3) is 0.143. The highest BCUT2D eigenvalue weighted by Gasteiger charge is 2.25. The van der Waals surface area contributed by atoms with Crippen molar-refractivity contribution in [3.05, 3.63) is 95.1 Å². The zero-order valence-corrected chi connectivity index (χ0v) is 12.2. The van der Waals surface area contributed by atoms with Crippen LogP contribution in [0.5, 0.6) is 0 Å². The van der Waals surface area contributed by atoms with E-state index in [1.807, 2.05) is 0 Å². The topological polar surface area (TPSA) is 0 Å². The van der Waals surface area contributed by atoms with Crippen LogP contribution in [0.15, 0.2) is 72.8 Å². The summed E-state index contributed by atoms with van der Waals surface area (Å²) in [5.41, 5.74) is 8.48. The van der Waals surface area contributed by atoms with Crippen molar-refractivity contribution >= 4 is 0 Å². The zero-order valence-electron chi connectivity index (χ0n) is 12.2. The molecule has 3 aromatic rings. The van der Waals surface area contributed by atoms with Gasteiger partial charge in [-0.15, -0.1) is 0 Å². The van der Waals surface area contributed by atoms with Gasteiger partial charge < -0.3 is 0 Å². The van der Waals surface area contributed by atoms with Crippen molar-refractivity contribution in [2.24, 2.45) is 0 Å². The van der Waals surface area contributed by atoms with Crippen LogP contribution in [0.4, 0.5) is 0 Å². The minimum absolute atomic E-state index is 0.469. The molecule has 0 spiro atoms. The Labute approximate surface area is 126 Å². The first-order valence-corrected chi connectivity index (χ1v) is 7.57. The van der Waals surface area contributed by atoms with Crippen LogP contribution >= 0.6 is 0 Å². The van der Waals surface area contributed by atoms with E-state index in [-0.39, 0.29) is 0 Å². The van der Waals surface area contributed by atoms with E-state index in [2.05, 4.69) is 79.7 Å². The summed E-state index contributed by atoms with van der Waals surface area (Å²) in [4.78, 5) is 0. The van der Waals surface area contributed by atoms with E-state index in [9.17, 15) is 0 Å². The molecule has 4 rings (SSSR count). The molecule has 1 aliphatic rings. The Bertz CT molecular complexity index is 798. The Hall–Kier alpha value is -2.34. The number of fused-ring (bicyclic) bond motifs is 3. The Morgan fingerprint density at radius 2 is 1.52 bits per heavy atom. The Morgan fingerprint density at radius 1 is 0.762 bits per heavy atom. The maximum Gasteiger partial charge on any atom is 0.0136 e. The molecule has 1 aliphatic carbocycles. The quantitative estimate of drug-likeness (QED) is 0.559. The van der Waals surface area contributed by atoms with Gasteiger partial charge in [0, 0.05) is 5.92 Å². The van der Waals surface area contributed by atoms with Crippen molar-refractivity contribution in [2.75, 3.05) is 0 Å². The van der Waals surface area contributed by atoms with E-state index in [0.717, 1.165) is 6.42 Å². The molecule has 0 aliphatic heterocycles. The second kappa shape index (κ2) is 4.89. The van der Waals surface area contributed by atoms with E-state index in [4.69, 9.17) is 0 Å². The van der Waals surface area contributed by atoms with Gasteiger partial charge >= 0.3 is 0 Å². The van der Waals surface area contributed by atoms with Gasteiger partial charge in [0.05, 0.1) is 0 Å². The minimum Gasteiger partial charge on any atom is -0.0620 e. The van der Waals surface area contributed by atoms with Crippen molar-refractivity contribution in [2.45, 2.75) is 19.3 Å². The van der Waals surface area contributed by atoms with E-state index < -0.39 is 0 Å². The molecule has 1 unspecified atom stereocenters. The van der Waals surface area contributed by atoms with Crippen molar-refractivity contribution in [1.29, 1.82) is 0 Å². The molecule has 0 aromatic heterocycles. The van der Waals surface area contributed by atoms with Crippen LogP contribution < -0.4 is 0 Å². The van der Waals surface area contributed by atoms with Crippen molar-refractivity contribution in [3.8, 4) is 11.1 Å². The summed E-state index contributed by atoms with van der Waals surface area (Å²) in [6, 6.07) is 26.6. The third-order valence-electron chi connectivity index (χ3n) is 4.51. The molecule has 0 heteroatoms. The molecule has 3 aromatic carbocycles. The molecule has 0 radical (unpaired) electrons. The zero-order chi connectivity index (χ0) is 14.2. The lowest BCUT2D eigenvalue weighted by Gasteiger charge is -2.28. The fourth-order valence-electron chi connectivity index (χ4n) is 3.52. The van der Waals surface area contributed by atoms with Crippen LogP contribution in [0.3, 0.4) is 0 Å². The van der Waals surface area contributed by atoms with Gasteiger partial charge in [-0.3, -0.25) is 0 Å². The Balaban J connectivity index is 1.92.